The van der Waals surface area contributed by atoms with E-state index in [2.05, 4.69) is 192 Å². The molecule has 1 heterocycles. The first-order valence-corrected chi connectivity index (χ1v) is 21.4. The summed E-state index contributed by atoms with van der Waals surface area (Å²) in [6, 6.07) is 18.4. The summed E-state index contributed by atoms with van der Waals surface area (Å²) in [6.07, 6.45) is 46.9. The van der Waals surface area contributed by atoms with Gasteiger partial charge < -0.3 is 4.90 Å². The Balaban J connectivity index is 1.21. The van der Waals surface area contributed by atoms with E-state index in [0.717, 1.165) is 63.6 Å². The maximum absolute atomic E-state index is 4.90. The van der Waals surface area contributed by atoms with Crippen molar-refractivity contribution in [1.82, 2.24) is 0 Å². The molecule has 4 unspecified atom stereocenters. The molecule has 0 aromatic heterocycles. The van der Waals surface area contributed by atoms with Crippen molar-refractivity contribution in [3.05, 3.63) is 179 Å². The van der Waals surface area contributed by atoms with Crippen molar-refractivity contribution >= 4 is 17.1 Å². The van der Waals surface area contributed by atoms with Crippen molar-refractivity contribution in [1.29, 1.82) is 0 Å². The Morgan fingerprint density at radius 2 is 1.46 bits per heavy atom. The molecule has 0 bridgehead atoms. The maximum atomic E-state index is 4.90. The molecule has 0 amide bonds. The smallest absolute Gasteiger partial charge is 0.0643 e. The lowest BCUT2D eigenvalue weighted by atomic mass is 9.72. The van der Waals surface area contributed by atoms with Crippen LogP contribution in [0.25, 0.3) is 0 Å². The highest BCUT2D eigenvalue weighted by molar-refractivity contribution is 6.09. The van der Waals surface area contributed by atoms with Gasteiger partial charge >= 0.3 is 0 Å². The third-order valence-electron chi connectivity index (χ3n) is 12.2. The van der Waals surface area contributed by atoms with Gasteiger partial charge in [-0.25, -0.2) is 0 Å². The summed E-state index contributed by atoms with van der Waals surface area (Å²) in [4.78, 5) is 7.41. The maximum Gasteiger partial charge on any atom is 0.0643 e. The normalized spacial score (nSPS) is 23.2. The van der Waals surface area contributed by atoms with Crippen molar-refractivity contribution in [2.45, 2.75) is 98.3 Å². The van der Waals surface area contributed by atoms with Crippen LogP contribution in [0.4, 0.5) is 11.4 Å². The minimum absolute atomic E-state index is 0.0946. The molecular weight excluding hydrogens is 677 g/mol. The molecule has 4 atom stereocenters. The summed E-state index contributed by atoms with van der Waals surface area (Å²) in [5.41, 5.74) is 12.1. The zero-order valence-corrected chi connectivity index (χ0v) is 34.9. The Labute approximate surface area is 339 Å². The minimum Gasteiger partial charge on any atom is -0.314 e. The zero-order valence-electron chi connectivity index (χ0n) is 34.9. The molecule has 0 spiro atoms. The van der Waals surface area contributed by atoms with Crippen molar-refractivity contribution in [3.63, 3.8) is 0 Å². The molecule has 4 aliphatic carbocycles. The van der Waals surface area contributed by atoms with Gasteiger partial charge in [-0.2, -0.15) is 0 Å². The molecule has 0 radical (unpaired) electrons. The fraction of sp³-hybridized carbons (Fsp3) is 0.389. The average molecular weight is 741 g/mol. The molecule has 56 heavy (non-hydrogen) atoms. The fourth-order valence-electron chi connectivity index (χ4n) is 8.83. The van der Waals surface area contributed by atoms with E-state index in [1.54, 1.807) is 0 Å². The highest BCUT2D eigenvalue weighted by Crippen LogP contribution is 2.43. The van der Waals surface area contributed by atoms with Crippen LogP contribution in [0.15, 0.2) is 173 Å². The van der Waals surface area contributed by atoms with E-state index in [4.69, 9.17) is 4.99 Å². The molecule has 5 aliphatic rings. The molecule has 0 fully saturated rings. The Morgan fingerprint density at radius 1 is 0.696 bits per heavy atom. The van der Waals surface area contributed by atoms with Gasteiger partial charge in [0.05, 0.1) is 5.71 Å². The van der Waals surface area contributed by atoms with Crippen LogP contribution in [-0.4, -0.2) is 12.3 Å². The molecule has 0 N–H and O–H groups in total. The fourth-order valence-corrected chi connectivity index (χ4v) is 8.83. The predicted octanol–water partition coefficient (Wildman–Crippen LogP) is 14.6. The van der Waals surface area contributed by atoms with Crippen LogP contribution >= 0.6 is 0 Å². The van der Waals surface area contributed by atoms with Crippen LogP contribution in [0.5, 0.6) is 0 Å². The number of hydrogen-bond donors (Lipinski definition) is 0. The molecule has 0 saturated heterocycles. The van der Waals surface area contributed by atoms with Crippen LogP contribution in [-0.2, 0) is 5.41 Å². The first-order chi connectivity index (χ1) is 27.0. The van der Waals surface area contributed by atoms with Gasteiger partial charge in [0.25, 0.3) is 0 Å². The lowest BCUT2D eigenvalue weighted by Gasteiger charge is -2.36. The van der Waals surface area contributed by atoms with E-state index in [1.807, 2.05) is 0 Å². The molecule has 7 rings (SSSR count). The summed E-state index contributed by atoms with van der Waals surface area (Å²) in [7, 11) is 0. The van der Waals surface area contributed by atoms with E-state index >= 15 is 0 Å². The van der Waals surface area contributed by atoms with Crippen molar-refractivity contribution in [2.24, 2.45) is 34.1 Å². The van der Waals surface area contributed by atoms with E-state index in [-0.39, 0.29) is 10.8 Å². The van der Waals surface area contributed by atoms with Gasteiger partial charge in [-0.3, -0.25) is 4.99 Å². The number of allylic oxidation sites excluding steroid dienone is 20. The lowest BCUT2D eigenvalue weighted by molar-refractivity contribution is 0.372. The van der Waals surface area contributed by atoms with Gasteiger partial charge in [0.2, 0.25) is 0 Å². The second kappa shape index (κ2) is 17.6. The third kappa shape index (κ3) is 9.81. The molecule has 290 valence electrons. The van der Waals surface area contributed by atoms with Crippen molar-refractivity contribution < 1.29 is 0 Å². The number of nitrogens with zero attached hydrogens (tertiary/aromatic N) is 2. The first-order valence-electron chi connectivity index (χ1n) is 21.4. The van der Waals surface area contributed by atoms with Crippen molar-refractivity contribution in [3.8, 4) is 0 Å². The molecule has 0 saturated carbocycles. The van der Waals surface area contributed by atoms with Crippen LogP contribution in [0.2, 0.25) is 0 Å². The van der Waals surface area contributed by atoms with E-state index in [9.17, 15) is 0 Å². The van der Waals surface area contributed by atoms with Gasteiger partial charge in [-0.15, -0.1) is 0 Å². The van der Waals surface area contributed by atoms with E-state index < -0.39 is 0 Å². The summed E-state index contributed by atoms with van der Waals surface area (Å²) in [5.74, 6) is 1.76. The first kappa shape index (κ1) is 39.5. The SMILES string of the molecule is CC(C)(C)C1=CCC(CC(C2=CCCC=C(C3C=CC=CC3)C=C2)C2C=CC=C(N(c3ccc(C4=NCCCC=C4)cc3)c3ccc(C(C)(C)C)cc3)C2)C=C1. The van der Waals surface area contributed by atoms with Gasteiger partial charge in [-0.05, 0) is 144 Å². The topological polar surface area (TPSA) is 15.6 Å². The molecule has 2 nitrogen and oxygen atoms in total. The largest absolute Gasteiger partial charge is 0.314 e. The summed E-state index contributed by atoms with van der Waals surface area (Å²) in [6.45, 7) is 14.8. The standard InChI is InChI=1S/C54H64N2/c1-53(2,3)46-29-23-40(24-30-46)38-51(43-19-13-12-18-42(25-26-43)41-16-9-7-10-17-41)45-20-15-21-50(39-45)56(49-35-31-47(32-36-49)54(4,5)6)48-33-27-44(28-34-48)52-22-11-8-14-37-55-52/h7,9-11,15-16,18-23,25-36,40-41,45,51H,8,12-14,17,24,37-39H2,1-6H3. The summed E-state index contributed by atoms with van der Waals surface area (Å²) >= 11 is 0. The van der Waals surface area contributed by atoms with Gasteiger partial charge in [0, 0.05) is 29.5 Å². The van der Waals surface area contributed by atoms with Crippen molar-refractivity contribution in [2.75, 3.05) is 11.4 Å². The molecule has 2 aromatic rings. The summed E-state index contributed by atoms with van der Waals surface area (Å²) in [5, 5.41) is 0. The van der Waals surface area contributed by atoms with Crippen LogP contribution in [0, 0.1) is 29.1 Å². The second-order valence-corrected chi connectivity index (χ2v) is 18.5. The Hall–Kier alpha value is -4.69. The number of rotatable bonds is 9. The van der Waals surface area contributed by atoms with Crippen LogP contribution < -0.4 is 4.90 Å². The molecule has 2 heteroatoms. The number of benzene rings is 2. The Kier molecular flexibility index (Phi) is 12.4. The van der Waals surface area contributed by atoms with E-state index in [0.29, 0.717) is 23.7 Å². The Bertz CT molecular complexity index is 2030. The van der Waals surface area contributed by atoms with Gasteiger partial charge in [0.1, 0.15) is 0 Å². The predicted molar refractivity (Wildman–Crippen MR) is 243 cm³/mol. The molecule has 1 aliphatic heterocycles. The zero-order chi connectivity index (χ0) is 39.1. The van der Waals surface area contributed by atoms with Crippen LogP contribution in [0.3, 0.4) is 0 Å². The summed E-state index contributed by atoms with van der Waals surface area (Å²) < 4.78 is 0. The number of hydrogen-bond acceptors (Lipinski definition) is 2. The Morgan fingerprint density at radius 3 is 2.16 bits per heavy atom. The number of anilines is 2. The highest BCUT2D eigenvalue weighted by Gasteiger charge is 2.31. The third-order valence-corrected chi connectivity index (χ3v) is 12.2. The second-order valence-electron chi connectivity index (χ2n) is 18.5. The average Bonchev–Trinajstić information content (AvgIpc) is 3.48. The number of aliphatic imine (C=N–C) groups is 1. The molecular formula is C54H64N2. The van der Waals surface area contributed by atoms with Gasteiger partial charge in [0.15, 0.2) is 0 Å². The van der Waals surface area contributed by atoms with Gasteiger partial charge in [-0.1, -0.05) is 151 Å². The quantitative estimate of drug-likeness (QED) is 0.250. The highest BCUT2D eigenvalue weighted by atomic mass is 15.1. The van der Waals surface area contributed by atoms with E-state index in [1.165, 1.54) is 44.9 Å². The molecule has 2 aromatic carbocycles. The lowest BCUT2D eigenvalue weighted by Crippen LogP contribution is -2.26. The van der Waals surface area contributed by atoms with Crippen LogP contribution in [0.1, 0.15) is 104 Å². The monoisotopic (exact) mass is 741 g/mol. The minimum atomic E-state index is 0.0946.